The molecule has 2 aromatic rings. The Balaban J connectivity index is 2.05. The molecule has 4 heteroatoms. The lowest BCUT2D eigenvalue weighted by atomic mass is 10.2. The minimum atomic E-state index is -0.552. The van der Waals surface area contributed by atoms with E-state index < -0.39 is 6.10 Å². The first-order valence-electron chi connectivity index (χ1n) is 6.88. The Bertz CT molecular complexity index is 628. The van der Waals surface area contributed by atoms with Gasteiger partial charge in [0.2, 0.25) is 0 Å². The first-order chi connectivity index (χ1) is 10.1. The monoisotopic (exact) mass is 303 g/mol. The molecule has 1 atom stereocenters. The molecule has 0 radical (unpaired) electrons. The fourth-order valence-corrected chi connectivity index (χ4v) is 2.15. The van der Waals surface area contributed by atoms with Crippen LogP contribution in [0.25, 0.3) is 0 Å². The summed E-state index contributed by atoms with van der Waals surface area (Å²) in [5.74, 6) is 0.428. The molecule has 0 heterocycles. The van der Waals surface area contributed by atoms with Crippen molar-refractivity contribution in [1.29, 1.82) is 0 Å². The van der Waals surface area contributed by atoms with Gasteiger partial charge in [-0.25, -0.2) is 0 Å². The van der Waals surface area contributed by atoms with Crippen LogP contribution in [0.15, 0.2) is 48.5 Å². The minimum Gasteiger partial charge on any atom is -0.481 e. The number of carbonyl (C=O) groups excluding carboxylic acids is 1. The van der Waals surface area contributed by atoms with Crippen molar-refractivity contribution in [1.82, 2.24) is 0 Å². The van der Waals surface area contributed by atoms with Crippen LogP contribution in [0.2, 0.25) is 5.02 Å². The number of amides is 1. The van der Waals surface area contributed by atoms with Crippen molar-refractivity contribution in [3.63, 3.8) is 0 Å². The number of aryl methyl sites for hydroxylation is 1. The molecule has 1 N–H and O–H groups in total. The molecule has 3 nitrogen and oxygen atoms in total. The largest absolute Gasteiger partial charge is 0.481 e. The Morgan fingerprint density at radius 2 is 2.00 bits per heavy atom. The maximum Gasteiger partial charge on any atom is 0.265 e. The van der Waals surface area contributed by atoms with E-state index in [0.717, 1.165) is 11.3 Å². The highest BCUT2D eigenvalue weighted by atomic mass is 35.5. The second kappa shape index (κ2) is 7.14. The Kier molecular flexibility index (Phi) is 5.23. The van der Waals surface area contributed by atoms with E-state index in [0.29, 0.717) is 17.2 Å². The molecule has 0 aliphatic rings. The van der Waals surface area contributed by atoms with Crippen LogP contribution in [0.1, 0.15) is 18.9 Å². The third-order valence-corrected chi connectivity index (χ3v) is 3.26. The van der Waals surface area contributed by atoms with Gasteiger partial charge in [0.1, 0.15) is 5.75 Å². The molecule has 2 rings (SSSR count). The summed E-state index contributed by atoms with van der Waals surface area (Å²) >= 11 is 5.92. The first kappa shape index (κ1) is 15.4. The second-order valence-corrected chi connectivity index (χ2v) is 5.27. The molecule has 21 heavy (non-hydrogen) atoms. The number of hydrogen-bond acceptors (Lipinski definition) is 2. The Hall–Kier alpha value is -2.00. The first-order valence-corrected chi connectivity index (χ1v) is 7.26. The smallest absolute Gasteiger partial charge is 0.265 e. The molecular formula is C17H18ClNO2. The molecular weight excluding hydrogens is 286 g/mol. The van der Waals surface area contributed by atoms with E-state index in [4.69, 9.17) is 16.3 Å². The van der Waals surface area contributed by atoms with E-state index >= 15 is 0 Å². The maximum atomic E-state index is 12.3. The molecule has 0 aromatic heterocycles. The zero-order valence-electron chi connectivity index (χ0n) is 12.1. The Labute approximate surface area is 129 Å². The van der Waals surface area contributed by atoms with Crippen molar-refractivity contribution in [3.8, 4) is 5.75 Å². The standard InChI is InChI=1S/C17H18ClNO2/c1-3-16(21-15-9-5-7-13(18)11-15)17(20)19-14-8-4-6-12(2)10-14/h4-11,16H,3H2,1-2H3,(H,19,20)/t16-/m1/s1. The predicted octanol–water partition coefficient (Wildman–Crippen LogP) is 4.44. The highest BCUT2D eigenvalue weighted by Gasteiger charge is 2.18. The number of benzene rings is 2. The van der Waals surface area contributed by atoms with Gasteiger partial charge in [-0.15, -0.1) is 0 Å². The zero-order chi connectivity index (χ0) is 15.2. The topological polar surface area (TPSA) is 38.3 Å². The second-order valence-electron chi connectivity index (χ2n) is 4.83. The van der Waals surface area contributed by atoms with Gasteiger partial charge in [0.25, 0.3) is 5.91 Å². The third-order valence-electron chi connectivity index (χ3n) is 3.02. The molecule has 0 aliphatic heterocycles. The van der Waals surface area contributed by atoms with Gasteiger partial charge in [-0.3, -0.25) is 4.79 Å². The van der Waals surface area contributed by atoms with Crippen molar-refractivity contribution < 1.29 is 9.53 Å². The van der Waals surface area contributed by atoms with Crippen LogP contribution in [-0.2, 0) is 4.79 Å². The predicted molar refractivity (Wildman–Crippen MR) is 86.0 cm³/mol. The quantitative estimate of drug-likeness (QED) is 0.886. The summed E-state index contributed by atoms with van der Waals surface area (Å²) < 4.78 is 5.71. The summed E-state index contributed by atoms with van der Waals surface area (Å²) in [5.41, 5.74) is 1.87. The molecule has 0 saturated heterocycles. The zero-order valence-corrected chi connectivity index (χ0v) is 12.9. The van der Waals surface area contributed by atoms with Crippen LogP contribution in [0, 0.1) is 6.92 Å². The van der Waals surface area contributed by atoms with Gasteiger partial charge in [0.05, 0.1) is 0 Å². The third kappa shape index (κ3) is 4.50. The average molecular weight is 304 g/mol. The van der Waals surface area contributed by atoms with Gasteiger partial charge in [-0.05, 0) is 49.2 Å². The fraction of sp³-hybridized carbons (Fsp3) is 0.235. The highest BCUT2D eigenvalue weighted by Crippen LogP contribution is 2.20. The molecule has 2 aromatic carbocycles. The lowest BCUT2D eigenvalue weighted by Crippen LogP contribution is -2.32. The van der Waals surface area contributed by atoms with E-state index in [1.807, 2.05) is 38.1 Å². The number of nitrogens with one attached hydrogen (secondary N) is 1. The molecule has 0 spiro atoms. The molecule has 0 unspecified atom stereocenters. The lowest BCUT2D eigenvalue weighted by molar-refractivity contribution is -0.122. The molecule has 0 saturated carbocycles. The lowest BCUT2D eigenvalue weighted by Gasteiger charge is -2.17. The SMILES string of the molecule is CC[C@@H](Oc1cccc(Cl)c1)C(=O)Nc1cccc(C)c1. The molecule has 0 aliphatic carbocycles. The number of ether oxygens (including phenoxy) is 1. The van der Waals surface area contributed by atoms with Crippen molar-refractivity contribution in [2.45, 2.75) is 26.4 Å². The van der Waals surface area contributed by atoms with Gasteiger partial charge < -0.3 is 10.1 Å². The van der Waals surface area contributed by atoms with Gasteiger partial charge in [0.15, 0.2) is 6.10 Å². The Morgan fingerprint density at radius 1 is 1.24 bits per heavy atom. The van der Waals surface area contributed by atoms with Crippen LogP contribution in [-0.4, -0.2) is 12.0 Å². The van der Waals surface area contributed by atoms with Crippen LogP contribution in [0.4, 0.5) is 5.69 Å². The number of hydrogen-bond donors (Lipinski definition) is 1. The molecule has 110 valence electrons. The number of rotatable bonds is 5. The van der Waals surface area contributed by atoms with Crippen LogP contribution in [0.5, 0.6) is 5.75 Å². The normalized spacial score (nSPS) is 11.8. The number of anilines is 1. The van der Waals surface area contributed by atoms with Gasteiger partial charge in [0, 0.05) is 10.7 Å². The van der Waals surface area contributed by atoms with E-state index in [9.17, 15) is 4.79 Å². The minimum absolute atomic E-state index is 0.164. The van der Waals surface area contributed by atoms with E-state index in [1.165, 1.54) is 0 Å². The fourth-order valence-electron chi connectivity index (χ4n) is 1.97. The van der Waals surface area contributed by atoms with E-state index in [2.05, 4.69) is 5.32 Å². The van der Waals surface area contributed by atoms with Crippen molar-refractivity contribution >= 4 is 23.2 Å². The van der Waals surface area contributed by atoms with E-state index in [-0.39, 0.29) is 5.91 Å². The summed E-state index contributed by atoms with van der Waals surface area (Å²) in [5, 5.41) is 3.46. The summed E-state index contributed by atoms with van der Waals surface area (Å²) in [6.07, 6.45) is 0.0217. The van der Waals surface area contributed by atoms with Gasteiger partial charge in [-0.1, -0.05) is 36.7 Å². The van der Waals surface area contributed by atoms with E-state index in [1.54, 1.807) is 24.3 Å². The van der Waals surface area contributed by atoms with Crippen molar-refractivity contribution in [3.05, 3.63) is 59.1 Å². The number of halogens is 1. The molecule has 0 bridgehead atoms. The maximum absolute atomic E-state index is 12.3. The number of carbonyl (C=O) groups is 1. The Morgan fingerprint density at radius 3 is 2.67 bits per heavy atom. The van der Waals surface area contributed by atoms with Gasteiger partial charge >= 0.3 is 0 Å². The summed E-state index contributed by atoms with van der Waals surface area (Å²) in [7, 11) is 0. The van der Waals surface area contributed by atoms with Crippen LogP contribution in [0.3, 0.4) is 0 Å². The average Bonchev–Trinajstić information content (AvgIpc) is 2.44. The van der Waals surface area contributed by atoms with Gasteiger partial charge in [-0.2, -0.15) is 0 Å². The van der Waals surface area contributed by atoms with Crippen LogP contribution >= 0.6 is 11.6 Å². The summed E-state index contributed by atoms with van der Waals surface area (Å²) in [6.45, 7) is 3.89. The summed E-state index contributed by atoms with van der Waals surface area (Å²) in [4.78, 5) is 12.3. The van der Waals surface area contributed by atoms with Crippen molar-refractivity contribution in [2.75, 3.05) is 5.32 Å². The van der Waals surface area contributed by atoms with Crippen LogP contribution < -0.4 is 10.1 Å². The molecule has 1 amide bonds. The van der Waals surface area contributed by atoms with Crippen molar-refractivity contribution in [2.24, 2.45) is 0 Å². The highest BCUT2D eigenvalue weighted by molar-refractivity contribution is 6.30. The molecule has 0 fully saturated rings. The summed E-state index contributed by atoms with van der Waals surface area (Å²) in [6, 6.07) is 14.7.